The minimum Gasteiger partial charge on any atom is -0.354 e. The average Bonchev–Trinajstić information content (AvgIpc) is 2.74. The first-order valence-corrected chi connectivity index (χ1v) is 10.5. The lowest BCUT2D eigenvalue weighted by Gasteiger charge is -2.42. The molecule has 0 radical (unpaired) electrons. The predicted octanol–water partition coefficient (Wildman–Crippen LogP) is 1.82. The Morgan fingerprint density at radius 1 is 0.690 bits per heavy atom. The van der Waals surface area contributed by atoms with Crippen LogP contribution in [0.5, 0.6) is 0 Å². The molecule has 2 fully saturated rings. The topological polar surface area (TPSA) is 64.5 Å². The summed E-state index contributed by atoms with van der Waals surface area (Å²) in [6.07, 6.45) is 5.46. The van der Waals surface area contributed by atoms with Crippen molar-refractivity contribution in [1.29, 1.82) is 0 Å². The van der Waals surface area contributed by atoms with E-state index in [9.17, 15) is 0 Å². The van der Waals surface area contributed by atoms with Gasteiger partial charge in [0, 0.05) is 76.4 Å². The van der Waals surface area contributed by atoms with E-state index in [1.807, 2.05) is 19.3 Å². The summed E-state index contributed by atoms with van der Waals surface area (Å²) >= 11 is 0. The Morgan fingerprint density at radius 3 is 1.69 bits per heavy atom. The first-order chi connectivity index (χ1) is 13.9. The smallest absolute Gasteiger partial charge is 0.225 e. The van der Waals surface area contributed by atoms with Crippen LogP contribution < -0.4 is 14.7 Å². The maximum Gasteiger partial charge on any atom is 0.225 e. The van der Waals surface area contributed by atoms with E-state index in [1.165, 1.54) is 0 Å². The van der Waals surface area contributed by atoms with E-state index < -0.39 is 0 Å². The Balaban J connectivity index is 1.37. The van der Waals surface area contributed by atoms with Crippen LogP contribution in [0.4, 0.5) is 17.6 Å². The molecule has 4 rings (SSSR count). The van der Waals surface area contributed by atoms with Gasteiger partial charge in [-0.1, -0.05) is 0 Å². The molecular weight excluding hydrogens is 364 g/mol. The van der Waals surface area contributed by atoms with Crippen molar-refractivity contribution in [2.24, 2.45) is 0 Å². The average molecular weight is 397 g/mol. The third-order valence-corrected chi connectivity index (χ3v) is 5.84. The second-order valence-corrected chi connectivity index (χ2v) is 8.91. The second kappa shape index (κ2) is 8.10. The van der Waals surface area contributed by atoms with Gasteiger partial charge in [-0.25, -0.2) is 19.9 Å². The van der Waals surface area contributed by atoms with E-state index in [1.54, 1.807) is 6.33 Å². The van der Waals surface area contributed by atoms with Crippen molar-refractivity contribution in [2.45, 2.75) is 33.2 Å². The summed E-state index contributed by atoms with van der Waals surface area (Å²) in [5, 5.41) is 0. The molecule has 0 aliphatic carbocycles. The van der Waals surface area contributed by atoms with E-state index in [0.29, 0.717) is 0 Å². The number of piperazine rings is 2. The second-order valence-electron chi connectivity index (χ2n) is 8.91. The molecule has 2 aromatic heterocycles. The van der Waals surface area contributed by atoms with Crippen molar-refractivity contribution in [3.05, 3.63) is 30.4 Å². The van der Waals surface area contributed by atoms with Gasteiger partial charge < -0.3 is 14.7 Å². The standard InChI is InChI=1S/C21H32N8/c1-17-14-22-20(23-15-17)28-7-5-26(6-8-28)18-13-19(25-16-24-18)27-9-11-29(12-10-27)21(2,3)4/h13-16H,5-12H2,1-4H3. The van der Waals surface area contributed by atoms with Gasteiger partial charge in [0.2, 0.25) is 5.95 Å². The lowest BCUT2D eigenvalue weighted by atomic mass is 10.1. The molecule has 8 nitrogen and oxygen atoms in total. The van der Waals surface area contributed by atoms with E-state index in [0.717, 1.165) is 75.5 Å². The van der Waals surface area contributed by atoms with Gasteiger partial charge in [-0.2, -0.15) is 0 Å². The quantitative estimate of drug-likeness (QED) is 0.779. The Bertz CT molecular complexity index is 800. The zero-order chi connectivity index (χ0) is 20.4. The fraction of sp³-hybridized carbons (Fsp3) is 0.619. The van der Waals surface area contributed by atoms with Crippen LogP contribution in [0, 0.1) is 6.92 Å². The van der Waals surface area contributed by atoms with Crippen LogP contribution >= 0.6 is 0 Å². The molecule has 2 aliphatic rings. The monoisotopic (exact) mass is 396 g/mol. The van der Waals surface area contributed by atoms with Gasteiger partial charge in [-0.3, -0.25) is 4.90 Å². The summed E-state index contributed by atoms with van der Waals surface area (Å²) in [6.45, 7) is 16.6. The lowest BCUT2D eigenvalue weighted by Crippen LogP contribution is -2.53. The summed E-state index contributed by atoms with van der Waals surface area (Å²) in [5.41, 5.74) is 1.31. The van der Waals surface area contributed by atoms with Crippen molar-refractivity contribution in [3.63, 3.8) is 0 Å². The molecule has 0 unspecified atom stereocenters. The molecule has 0 aromatic carbocycles. The molecule has 29 heavy (non-hydrogen) atoms. The van der Waals surface area contributed by atoms with Gasteiger partial charge in [0.1, 0.15) is 18.0 Å². The van der Waals surface area contributed by atoms with Crippen LogP contribution in [-0.2, 0) is 0 Å². The number of anilines is 3. The molecule has 2 saturated heterocycles. The highest BCUT2D eigenvalue weighted by Gasteiger charge is 2.27. The minimum atomic E-state index is 0.226. The highest BCUT2D eigenvalue weighted by atomic mass is 15.3. The van der Waals surface area contributed by atoms with Crippen LogP contribution in [0.25, 0.3) is 0 Å². The van der Waals surface area contributed by atoms with Gasteiger partial charge in [0.05, 0.1) is 0 Å². The summed E-state index contributed by atoms with van der Waals surface area (Å²) in [6, 6.07) is 2.14. The summed E-state index contributed by atoms with van der Waals surface area (Å²) in [5.74, 6) is 2.86. The molecule has 0 atom stereocenters. The van der Waals surface area contributed by atoms with Crippen LogP contribution in [0.3, 0.4) is 0 Å². The molecule has 0 saturated carbocycles. The first kappa shape index (κ1) is 19.8. The SMILES string of the molecule is Cc1cnc(N2CCN(c3cc(N4CCN(C(C)(C)C)CC4)ncn3)CC2)nc1. The summed E-state index contributed by atoms with van der Waals surface area (Å²) in [4.78, 5) is 27.5. The Morgan fingerprint density at radius 2 is 1.17 bits per heavy atom. The number of nitrogens with zero attached hydrogens (tertiary/aromatic N) is 8. The van der Waals surface area contributed by atoms with Crippen molar-refractivity contribution in [2.75, 3.05) is 67.1 Å². The molecule has 0 N–H and O–H groups in total. The lowest BCUT2D eigenvalue weighted by molar-refractivity contribution is 0.128. The van der Waals surface area contributed by atoms with Gasteiger partial charge >= 0.3 is 0 Å². The zero-order valence-electron chi connectivity index (χ0n) is 18.0. The third kappa shape index (κ3) is 4.58. The molecule has 4 heterocycles. The van der Waals surface area contributed by atoms with Gasteiger partial charge in [0.25, 0.3) is 0 Å². The van der Waals surface area contributed by atoms with Crippen LogP contribution in [0.15, 0.2) is 24.8 Å². The van der Waals surface area contributed by atoms with Gasteiger partial charge in [0.15, 0.2) is 0 Å². The molecule has 8 heteroatoms. The summed E-state index contributed by atoms with van der Waals surface area (Å²) < 4.78 is 0. The highest BCUT2D eigenvalue weighted by Crippen LogP contribution is 2.23. The van der Waals surface area contributed by atoms with E-state index in [-0.39, 0.29) is 5.54 Å². The number of aryl methyl sites for hydroxylation is 1. The molecule has 0 spiro atoms. The first-order valence-electron chi connectivity index (χ1n) is 10.5. The zero-order valence-corrected chi connectivity index (χ0v) is 18.0. The molecule has 156 valence electrons. The van der Waals surface area contributed by atoms with Crippen molar-refractivity contribution < 1.29 is 0 Å². The molecular formula is C21H32N8. The number of aromatic nitrogens is 4. The van der Waals surface area contributed by atoms with Crippen LogP contribution in [0.2, 0.25) is 0 Å². The normalized spacial score (nSPS) is 19.0. The van der Waals surface area contributed by atoms with Crippen molar-refractivity contribution >= 4 is 17.6 Å². The van der Waals surface area contributed by atoms with E-state index in [2.05, 4.69) is 66.4 Å². The number of rotatable bonds is 3. The highest BCUT2D eigenvalue weighted by molar-refractivity contribution is 5.51. The molecule has 0 amide bonds. The largest absolute Gasteiger partial charge is 0.354 e. The van der Waals surface area contributed by atoms with Gasteiger partial charge in [-0.05, 0) is 33.3 Å². The predicted molar refractivity (Wildman–Crippen MR) is 117 cm³/mol. The van der Waals surface area contributed by atoms with E-state index >= 15 is 0 Å². The van der Waals surface area contributed by atoms with E-state index in [4.69, 9.17) is 0 Å². The van der Waals surface area contributed by atoms with Gasteiger partial charge in [-0.15, -0.1) is 0 Å². The number of hydrogen-bond acceptors (Lipinski definition) is 8. The molecule has 0 bridgehead atoms. The van der Waals surface area contributed by atoms with Crippen LogP contribution in [0.1, 0.15) is 26.3 Å². The molecule has 2 aromatic rings. The maximum atomic E-state index is 4.56. The Labute approximate surface area is 173 Å². The Hall–Kier alpha value is -2.48. The minimum absolute atomic E-state index is 0.226. The van der Waals surface area contributed by atoms with Crippen molar-refractivity contribution in [3.8, 4) is 0 Å². The molecule has 2 aliphatic heterocycles. The maximum absolute atomic E-state index is 4.56. The fourth-order valence-electron chi connectivity index (χ4n) is 3.97. The summed E-state index contributed by atoms with van der Waals surface area (Å²) in [7, 11) is 0. The third-order valence-electron chi connectivity index (χ3n) is 5.84. The van der Waals surface area contributed by atoms with Crippen molar-refractivity contribution in [1.82, 2.24) is 24.8 Å². The Kier molecular flexibility index (Phi) is 5.54. The van der Waals surface area contributed by atoms with Crippen LogP contribution in [-0.4, -0.2) is 82.7 Å². The number of hydrogen-bond donors (Lipinski definition) is 0. The fourth-order valence-corrected chi connectivity index (χ4v) is 3.97.